The quantitative estimate of drug-likeness (QED) is 0.599. The van der Waals surface area contributed by atoms with Crippen LogP contribution in [0.3, 0.4) is 0 Å². The highest BCUT2D eigenvalue weighted by molar-refractivity contribution is 7.89. The molecule has 3 aromatic rings. The zero-order valence-electron chi connectivity index (χ0n) is 16.8. The molecule has 2 N–H and O–H groups in total. The number of nitrogens with one attached hydrogen (secondary N) is 2. The van der Waals surface area contributed by atoms with Crippen molar-refractivity contribution >= 4 is 15.7 Å². The van der Waals surface area contributed by atoms with E-state index in [2.05, 4.69) is 39.5 Å². The molecule has 0 amide bonds. The SMILES string of the molecule is Cc1ccc(S(=O)(=O)NN=C2CC(c3ccccc3)NC(c3ccccc3)C2)cc1. The molecule has 0 aromatic heterocycles. The van der Waals surface area contributed by atoms with Crippen molar-refractivity contribution in [2.75, 3.05) is 0 Å². The van der Waals surface area contributed by atoms with Crippen molar-refractivity contribution in [1.82, 2.24) is 10.1 Å². The summed E-state index contributed by atoms with van der Waals surface area (Å²) in [6.07, 6.45) is 1.29. The summed E-state index contributed by atoms with van der Waals surface area (Å²) in [4.78, 5) is 2.65. The summed E-state index contributed by atoms with van der Waals surface area (Å²) in [7, 11) is -3.70. The first kappa shape index (κ1) is 20.3. The van der Waals surface area contributed by atoms with Crippen molar-refractivity contribution in [3.05, 3.63) is 102 Å². The topological polar surface area (TPSA) is 70.6 Å². The van der Waals surface area contributed by atoms with Crippen LogP contribution in [0.1, 0.15) is 41.6 Å². The van der Waals surface area contributed by atoms with Crippen molar-refractivity contribution in [3.8, 4) is 0 Å². The van der Waals surface area contributed by atoms with E-state index in [0.29, 0.717) is 12.8 Å². The summed E-state index contributed by atoms with van der Waals surface area (Å²) in [5.74, 6) is 0. The normalized spacial score (nSPS) is 19.3. The summed E-state index contributed by atoms with van der Waals surface area (Å²) >= 11 is 0. The minimum Gasteiger partial charge on any atom is -0.302 e. The largest absolute Gasteiger partial charge is 0.302 e. The van der Waals surface area contributed by atoms with E-state index in [1.807, 2.05) is 43.3 Å². The van der Waals surface area contributed by atoms with E-state index in [-0.39, 0.29) is 17.0 Å². The smallest absolute Gasteiger partial charge is 0.276 e. The molecule has 1 aliphatic rings. The molecule has 4 rings (SSSR count). The first-order valence-corrected chi connectivity index (χ1v) is 11.5. The molecule has 0 aliphatic carbocycles. The Labute approximate surface area is 177 Å². The lowest BCUT2D eigenvalue weighted by Gasteiger charge is -2.32. The number of hydrogen-bond donors (Lipinski definition) is 2. The van der Waals surface area contributed by atoms with E-state index in [1.54, 1.807) is 24.3 Å². The monoisotopic (exact) mass is 419 g/mol. The number of aryl methyl sites for hydroxylation is 1. The second-order valence-electron chi connectivity index (χ2n) is 7.59. The minimum absolute atomic E-state index is 0.0628. The highest BCUT2D eigenvalue weighted by Crippen LogP contribution is 2.31. The summed E-state index contributed by atoms with van der Waals surface area (Å²) in [6, 6.07) is 27.3. The zero-order chi connectivity index (χ0) is 21.0. The number of hydrazone groups is 1. The zero-order valence-corrected chi connectivity index (χ0v) is 17.6. The van der Waals surface area contributed by atoms with Crippen LogP contribution in [0.15, 0.2) is 94.9 Å². The Hall–Kier alpha value is -2.96. The molecule has 1 aliphatic heterocycles. The van der Waals surface area contributed by atoms with Crippen LogP contribution in [-0.2, 0) is 10.0 Å². The molecule has 0 bridgehead atoms. The van der Waals surface area contributed by atoms with Gasteiger partial charge in [0.05, 0.1) is 4.90 Å². The van der Waals surface area contributed by atoms with Gasteiger partial charge in [-0.25, -0.2) is 4.83 Å². The third-order valence-corrected chi connectivity index (χ3v) is 6.57. The predicted molar refractivity (Wildman–Crippen MR) is 120 cm³/mol. The number of piperidine rings is 1. The van der Waals surface area contributed by atoms with Crippen molar-refractivity contribution in [3.63, 3.8) is 0 Å². The van der Waals surface area contributed by atoms with E-state index in [0.717, 1.165) is 22.4 Å². The molecule has 3 aromatic carbocycles. The molecular weight excluding hydrogens is 394 g/mol. The molecule has 6 heteroatoms. The molecule has 2 unspecified atom stereocenters. The molecule has 2 atom stereocenters. The Morgan fingerprint density at radius 2 is 1.30 bits per heavy atom. The van der Waals surface area contributed by atoms with Crippen LogP contribution in [-0.4, -0.2) is 14.1 Å². The Balaban J connectivity index is 1.59. The molecule has 1 heterocycles. The van der Waals surface area contributed by atoms with E-state index in [9.17, 15) is 8.42 Å². The van der Waals surface area contributed by atoms with Gasteiger partial charge >= 0.3 is 0 Å². The van der Waals surface area contributed by atoms with Gasteiger partial charge in [-0.15, -0.1) is 0 Å². The molecule has 0 radical (unpaired) electrons. The molecular formula is C24H25N3O2S. The van der Waals surface area contributed by atoms with Crippen LogP contribution >= 0.6 is 0 Å². The maximum absolute atomic E-state index is 12.7. The summed E-state index contributed by atoms with van der Waals surface area (Å²) in [6.45, 7) is 1.92. The van der Waals surface area contributed by atoms with Crippen molar-refractivity contribution < 1.29 is 8.42 Å². The maximum atomic E-state index is 12.7. The molecule has 5 nitrogen and oxygen atoms in total. The average molecular weight is 420 g/mol. The van der Waals surface area contributed by atoms with Gasteiger partial charge in [0.1, 0.15) is 0 Å². The fraction of sp³-hybridized carbons (Fsp3) is 0.208. The fourth-order valence-electron chi connectivity index (χ4n) is 3.70. The molecule has 154 valence electrons. The van der Waals surface area contributed by atoms with Crippen LogP contribution in [0.25, 0.3) is 0 Å². The average Bonchev–Trinajstić information content (AvgIpc) is 2.79. The lowest BCUT2D eigenvalue weighted by atomic mass is 9.89. The molecule has 1 saturated heterocycles. The fourth-order valence-corrected chi connectivity index (χ4v) is 4.55. The Morgan fingerprint density at radius 1 is 0.800 bits per heavy atom. The van der Waals surface area contributed by atoms with Gasteiger partial charge in [0.15, 0.2) is 0 Å². The van der Waals surface area contributed by atoms with E-state index < -0.39 is 10.0 Å². The van der Waals surface area contributed by atoms with Gasteiger partial charge in [0.2, 0.25) is 0 Å². The van der Waals surface area contributed by atoms with E-state index >= 15 is 0 Å². The Morgan fingerprint density at radius 3 is 1.80 bits per heavy atom. The van der Waals surface area contributed by atoms with Crippen LogP contribution in [0.2, 0.25) is 0 Å². The first-order valence-electron chi connectivity index (χ1n) is 10.0. The number of nitrogens with zero attached hydrogens (tertiary/aromatic N) is 1. The Bertz CT molecular complexity index is 1060. The highest BCUT2D eigenvalue weighted by Gasteiger charge is 2.28. The standard InChI is InChI=1S/C24H25N3O2S/c1-18-12-14-22(15-13-18)30(28,29)27-26-21-16-23(19-8-4-2-5-9-19)25-24(17-21)20-10-6-3-7-11-20/h2-15,23-25,27H,16-17H2,1H3. The maximum Gasteiger partial charge on any atom is 0.276 e. The minimum atomic E-state index is -3.70. The van der Waals surface area contributed by atoms with Crippen LogP contribution < -0.4 is 10.1 Å². The van der Waals surface area contributed by atoms with Crippen molar-refractivity contribution in [2.24, 2.45) is 5.10 Å². The van der Waals surface area contributed by atoms with Crippen LogP contribution in [0.4, 0.5) is 0 Å². The molecule has 0 spiro atoms. The first-order chi connectivity index (χ1) is 14.5. The van der Waals surface area contributed by atoms with Crippen molar-refractivity contribution in [1.29, 1.82) is 0 Å². The molecule has 1 fully saturated rings. The van der Waals surface area contributed by atoms with Crippen LogP contribution in [0.5, 0.6) is 0 Å². The number of rotatable bonds is 5. The van der Waals surface area contributed by atoms with Gasteiger partial charge in [-0.2, -0.15) is 13.5 Å². The van der Waals surface area contributed by atoms with Gasteiger partial charge < -0.3 is 5.32 Å². The van der Waals surface area contributed by atoms with Crippen molar-refractivity contribution in [2.45, 2.75) is 36.7 Å². The molecule has 0 saturated carbocycles. The predicted octanol–water partition coefficient (Wildman–Crippen LogP) is 4.50. The van der Waals surface area contributed by atoms with Crippen LogP contribution in [0, 0.1) is 6.92 Å². The number of benzene rings is 3. The van der Waals surface area contributed by atoms with Gasteiger partial charge in [-0.3, -0.25) is 0 Å². The third kappa shape index (κ3) is 4.78. The lowest BCUT2D eigenvalue weighted by Crippen LogP contribution is -2.36. The van der Waals surface area contributed by atoms with Gasteiger partial charge in [0, 0.05) is 30.6 Å². The second-order valence-corrected chi connectivity index (χ2v) is 9.25. The number of hydrogen-bond acceptors (Lipinski definition) is 4. The summed E-state index contributed by atoms with van der Waals surface area (Å²) in [5, 5.41) is 8.04. The Kier molecular flexibility index (Phi) is 5.97. The summed E-state index contributed by atoms with van der Waals surface area (Å²) < 4.78 is 25.3. The number of sulfonamides is 1. The summed E-state index contributed by atoms with van der Waals surface area (Å²) in [5.41, 5.74) is 4.15. The third-order valence-electron chi connectivity index (χ3n) is 5.34. The molecule has 30 heavy (non-hydrogen) atoms. The highest BCUT2D eigenvalue weighted by atomic mass is 32.2. The van der Waals surface area contributed by atoms with Gasteiger partial charge in [0.25, 0.3) is 10.0 Å². The second kappa shape index (κ2) is 8.81. The van der Waals surface area contributed by atoms with Gasteiger partial charge in [-0.05, 0) is 30.2 Å². The van der Waals surface area contributed by atoms with E-state index in [4.69, 9.17) is 0 Å². The lowest BCUT2D eigenvalue weighted by molar-refractivity contribution is 0.427. The van der Waals surface area contributed by atoms with Gasteiger partial charge in [-0.1, -0.05) is 78.4 Å². The van der Waals surface area contributed by atoms with E-state index in [1.165, 1.54) is 0 Å².